The molecule has 1 aliphatic carbocycles. The molecule has 5 rings (SSSR count). The number of fused-ring (bicyclic) bond motifs is 1. The highest BCUT2D eigenvalue weighted by Gasteiger charge is 2.30. The van der Waals surface area contributed by atoms with Crippen molar-refractivity contribution in [1.29, 1.82) is 0 Å². The van der Waals surface area contributed by atoms with E-state index in [0.29, 0.717) is 12.2 Å². The Balaban J connectivity index is 0.00000148. The van der Waals surface area contributed by atoms with Crippen LogP contribution in [-0.2, 0) is 4.79 Å². The number of thioether (sulfide) groups is 1. The van der Waals surface area contributed by atoms with Crippen LogP contribution < -0.4 is 10.6 Å². The predicted octanol–water partition coefficient (Wildman–Crippen LogP) is 8.25. The van der Waals surface area contributed by atoms with Crippen molar-refractivity contribution in [3.63, 3.8) is 0 Å². The van der Waals surface area contributed by atoms with Crippen LogP contribution in [0.3, 0.4) is 0 Å². The van der Waals surface area contributed by atoms with Crippen molar-refractivity contribution in [3.8, 4) is 11.3 Å². The molecule has 1 aromatic carbocycles. The van der Waals surface area contributed by atoms with Crippen LogP contribution in [0.15, 0.2) is 39.6 Å². The number of aryl methyl sites for hydroxylation is 3. The van der Waals surface area contributed by atoms with Gasteiger partial charge in [0.25, 0.3) is 0 Å². The fourth-order valence-electron chi connectivity index (χ4n) is 3.80. The number of furan rings is 1. The van der Waals surface area contributed by atoms with Gasteiger partial charge in [0, 0.05) is 22.4 Å². The summed E-state index contributed by atoms with van der Waals surface area (Å²) in [7, 11) is 0. The third kappa shape index (κ3) is 5.58. The Bertz CT molecular complexity index is 1390. The van der Waals surface area contributed by atoms with E-state index in [4.69, 9.17) is 14.4 Å². The monoisotopic (exact) mass is 635 g/mol. The fraction of sp³-hybridized carbons (Fsp3) is 0.346. The summed E-state index contributed by atoms with van der Waals surface area (Å²) in [6, 6.07) is 10.2. The molecule has 1 saturated carbocycles. The number of amides is 1. The molecular weight excluding hydrogens is 604 g/mol. The lowest BCUT2D eigenvalue weighted by Gasteiger charge is -2.14. The van der Waals surface area contributed by atoms with Gasteiger partial charge < -0.3 is 15.1 Å². The van der Waals surface area contributed by atoms with Gasteiger partial charge in [0.2, 0.25) is 5.91 Å². The lowest BCUT2D eigenvalue weighted by Crippen LogP contribution is -2.14. The number of benzene rings is 1. The number of hydrogen-bond acceptors (Lipinski definition) is 6. The number of aromatic nitrogens is 3. The van der Waals surface area contributed by atoms with Crippen LogP contribution in [0, 0.1) is 26.7 Å². The van der Waals surface area contributed by atoms with Crippen LogP contribution in [0.1, 0.15) is 43.8 Å². The van der Waals surface area contributed by atoms with Crippen molar-refractivity contribution in [3.05, 3.63) is 47.5 Å². The summed E-state index contributed by atoms with van der Waals surface area (Å²) in [6.45, 7) is 10.0. The first-order valence-electron chi connectivity index (χ1n) is 12.0. The van der Waals surface area contributed by atoms with Gasteiger partial charge in [-0.05, 0) is 91.7 Å². The van der Waals surface area contributed by atoms with Crippen LogP contribution in [-0.4, -0.2) is 26.5 Å². The number of anilines is 3. The molecule has 2 N–H and O–H groups in total. The number of nitrogens with zero attached hydrogens (tertiary/aromatic N) is 3. The minimum absolute atomic E-state index is 0.0377. The third-order valence-corrected chi connectivity index (χ3v) is 8.92. The first-order chi connectivity index (χ1) is 17.4. The summed E-state index contributed by atoms with van der Waals surface area (Å²) in [5, 5.41) is 6.57. The molecule has 36 heavy (non-hydrogen) atoms. The van der Waals surface area contributed by atoms with Crippen molar-refractivity contribution in [2.75, 3.05) is 16.9 Å². The summed E-state index contributed by atoms with van der Waals surface area (Å²) < 4.78 is 8.01. The number of halogens is 1. The van der Waals surface area contributed by atoms with Crippen molar-refractivity contribution in [2.45, 2.75) is 52.4 Å². The summed E-state index contributed by atoms with van der Waals surface area (Å²) >= 11 is 4.00. The molecule has 3 aromatic heterocycles. The molecule has 1 fully saturated rings. The van der Waals surface area contributed by atoms with Crippen LogP contribution in [0.2, 0.25) is 0 Å². The summed E-state index contributed by atoms with van der Waals surface area (Å²) in [5.74, 6) is 3.39. The largest absolute Gasteiger partial charge is 0.461 e. The zero-order valence-electron chi connectivity index (χ0n) is 21.3. The van der Waals surface area contributed by atoms with E-state index in [2.05, 4.69) is 74.5 Å². The van der Waals surface area contributed by atoms with Gasteiger partial charge in [0.1, 0.15) is 28.7 Å². The van der Waals surface area contributed by atoms with Crippen LogP contribution >= 0.6 is 40.2 Å². The molecule has 0 saturated heterocycles. The molecule has 0 bridgehead atoms. The second kappa shape index (κ2) is 11.5. The Hall–Kier alpha value is -2.10. The zero-order valence-corrected chi connectivity index (χ0v) is 25.3. The van der Waals surface area contributed by atoms with E-state index in [-0.39, 0.29) is 11.8 Å². The summed E-state index contributed by atoms with van der Waals surface area (Å²) in [5.41, 5.74) is 5.52. The standard InChI is InChI=1S/C24H25IN5O2PS.C2H6/c1-12-9-19(32-13(12)2)16-7-8-17(20(10-16)34-4)27-18-11-21(29-24(31)15-5-6-15)28-23-22(18)26-14(3)30(23)33-25;1-2/h7-11,15,33H,5-6H2,1-4H3,(H2,27,28,29,31);1-2H3. The van der Waals surface area contributed by atoms with E-state index in [0.717, 1.165) is 68.7 Å². The van der Waals surface area contributed by atoms with Gasteiger partial charge in [-0.25, -0.2) is 9.97 Å². The molecule has 0 spiro atoms. The lowest BCUT2D eigenvalue weighted by molar-refractivity contribution is -0.117. The average molecular weight is 636 g/mol. The molecule has 10 heteroatoms. The topological polar surface area (TPSA) is 85.0 Å². The highest BCUT2D eigenvalue weighted by atomic mass is 127. The molecule has 1 amide bonds. The molecule has 1 unspecified atom stereocenters. The predicted molar refractivity (Wildman–Crippen MR) is 161 cm³/mol. The Labute approximate surface area is 230 Å². The Morgan fingerprint density at radius 2 is 1.89 bits per heavy atom. The molecule has 3 heterocycles. The summed E-state index contributed by atoms with van der Waals surface area (Å²) in [4.78, 5) is 23.0. The number of nitrogens with one attached hydrogen (secondary N) is 2. The highest BCUT2D eigenvalue weighted by molar-refractivity contribution is 14.2. The minimum atomic E-state index is 0.0377. The molecular formula is C26H31IN5O2PS. The van der Waals surface area contributed by atoms with Gasteiger partial charge in [-0.15, -0.1) is 11.8 Å². The maximum atomic E-state index is 12.4. The van der Waals surface area contributed by atoms with Gasteiger partial charge in [-0.3, -0.25) is 9.13 Å². The van der Waals surface area contributed by atoms with E-state index in [9.17, 15) is 4.79 Å². The number of pyridine rings is 1. The highest BCUT2D eigenvalue weighted by Crippen LogP contribution is 2.39. The van der Waals surface area contributed by atoms with E-state index < -0.39 is 0 Å². The SMILES string of the molecule is CC.CSc1cc(-c2cc(C)c(C)o2)ccc1Nc1cc(NC(=O)C2CC2)nc2c1nc(C)n2PI. The smallest absolute Gasteiger partial charge is 0.228 e. The Kier molecular flexibility index (Phi) is 8.63. The Morgan fingerprint density at radius 1 is 1.14 bits per heavy atom. The molecule has 0 aliphatic heterocycles. The molecule has 4 aromatic rings. The van der Waals surface area contributed by atoms with Gasteiger partial charge in [0.05, 0.1) is 17.7 Å². The molecule has 1 atom stereocenters. The maximum Gasteiger partial charge on any atom is 0.228 e. The number of carbonyl (C=O) groups is 1. The quantitative estimate of drug-likeness (QED) is 0.121. The number of hydrogen-bond donors (Lipinski definition) is 2. The van der Waals surface area contributed by atoms with E-state index in [1.54, 1.807) is 11.8 Å². The van der Waals surface area contributed by atoms with Crippen molar-refractivity contribution in [1.82, 2.24) is 14.3 Å². The van der Waals surface area contributed by atoms with Gasteiger partial charge in [-0.1, -0.05) is 13.8 Å². The first-order valence-corrected chi connectivity index (χ1v) is 17.3. The maximum absolute atomic E-state index is 12.4. The molecule has 0 radical (unpaired) electrons. The Morgan fingerprint density at radius 3 is 2.50 bits per heavy atom. The van der Waals surface area contributed by atoms with Gasteiger partial charge in [-0.2, -0.15) is 0 Å². The van der Waals surface area contributed by atoms with Crippen molar-refractivity contribution < 1.29 is 9.21 Å². The van der Waals surface area contributed by atoms with E-state index in [1.807, 2.05) is 33.8 Å². The third-order valence-electron chi connectivity index (χ3n) is 5.99. The second-order valence-electron chi connectivity index (χ2n) is 8.46. The van der Waals surface area contributed by atoms with Crippen molar-refractivity contribution in [2.24, 2.45) is 5.92 Å². The second-order valence-corrected chi connectivity index (χ2v) is 11.4. The van der Waals surface area contributed by atoms with Crippen molar-refractivity contribution >= 4 is 74.4 Å². The zero-order chi connectivity index (χ0) is 26.0. The lowest BCUT2D eigenvalue weighted by atomic mass is 10.1. The molecule has 1 aliphatic rings. The number of rotatable bonds is 7. The van der Waals surface area contributed by atoms with E-state index >= 15 is 0 Å². The van der Waals surface area contributed by atoms with Gasteiger partial charge >= 0.3 is 0 Å². The van der Waals surface area contributed by atoms with Crippen LogP contribution in [0.25, 0.3) is 22.5 Å². The number of carbonyl (C=O) groups excluding carboxylic acids is 1. The molecule has 7 nitrogen and oxygen atoms in total. The first kappa shape index (κ1) is 26.9. The van der Waals surface area contributed by atoms with Crippen LogP contribution in [0.5, 0.6) is 0 Å². The minimum Gasteiger partial charge on any atom is -0.461 e. The summed E-state index contributed by atoms with van der Waals surface area (Å²) in [6.07, 6.45) is 4.41. The fourth-order valence-corrected chi connectivity index (χ4v) is 6.52. The van der Waals surface area contributed by atoms with E-state index in [1.165, 1.54) is 0 Å². The average Bonchev–Trinajstić information content (AvgIpc) is 3.61. The number of imidazole rings is 1. The molecule has 190 valence electrons. The van der Waals surface area contributed by atoms with Gasteiger partial charge in [0.15, 0.2) is 5.65 Å². The normalized spacial score (nSPS) is 13.2. The van der Waals surface area contributed by atoms with Crippen LogP contribution in [0.4, 0.5) is 17.2 Å².